The molecule has 0 amide bonds. The number of para-hydroxylation sites is 1. The van der Waals surface area contributed by atoms with Gasteiger partial charge in [-0.3, -0.25) is 0 Å². The summed E-state index contributed by atoms with van der Waals surface area (Å²) >= 11 is 0. The molecule has 26 heavy (non-hydrogen) atoms. The van der Waals surface area contributed by atoms with E-state index in [4.69, 9.17) is 0 Å². The second kappa shape index (κ2) is 6.30. The van der Waals surface area contributed by atoms with E-state index in [1.54, 1.807) is 0 Å². The Morgan fingerprint density at radius 1 is 0.577 bits per heavy atom. The summed E-state index contributed by atoms with van der Waals surface area (Å²) in [4.78, 5) is 0. The molecule has 3 aromatic carbocycles. The number of nitrogens with zero attached hydrogens (tertiary/aromatic N) is 4. The Morgan fingerprint density at radius 3 is 2.04 bits per heavy atom. The zero-order chi connectivity index (χ0) is 17.3. The van der Waals surface area contributed by atoms with Gasteiger partial charge < -0.3 is 0 Å². The van der Waals surface area contributed by atoms with E-state index in [1.165, 1.54) is 33.6 Å². The SMILES string of the molecule is c1ccc(-c2ccc3c(c2)CCN3N=NN2CCc3ccccc32)cc1. The first-order valence-electron chi connectivity index (χ1n) is 9.11. The summed E-state index contributed by atoms with van der Waals surface area (Å²) in [5, 5.41) is 13.1. The predicted octanol–water partition coefficient (Wildman–Crippen LogP) is 5.06. The van der Waals surface area contributed by atoms with Crippen molar-refractivity contribution in [3.8, 4) is 11.1 Å². The molecule has 2 aliphatic rings. The first-order valence-corrected chi connectivity index (χ1v) is 9.11. The average molecular weight is 340 g/mol. The summed E-state index contributed by atoms with van der Waals surface area (Å²) in [7, 11) is 0. The van der Waals surface area contributed by atoms with Crippen molar-refractivity contribution in [2.24, 2.45) is 10.4 Å². The first-order chi connectivity index (χ1) is 12.9. The molecular weight excluding hydrogens is 320 g/mol. The van der Waals surface area contributed by atoms with Crippen molar-refractivity contribution in [2.75, 3.05) is 23.1 Å². The molecule has 0 radical (unpaired) electrons. The molecule has 128 valence electrons. The maximum atomic E-state index is 4.53. The smallest absolute Gasteiger partial charge is 0.0644 e. The molecule has 4 heteroatoms. The van der Waals surface area contributed by atoms with Crippen molar-refractivity contribution in [3.05, 3.63) is 83.9 Å². The van der Waals surface area contributed by atoms with Crippen molar-refractivity contribution in [1.29, 1.82) is 0 Å². The van der Waals surface area contributed by atoms with Gasteiger partial charge in [0.2, 0.25) is 0 Å². The molecule has 5 rings (SSSR count). The molecule has 3 aromatic rings. The topological polar surface area (TPSA) is 31.2 Å². The van der Waals surface area contributed by atoms with Crippen LogP contribution in [0.15, 0.2) is 83.2 Å². The van der Waals surface area contributed by atoms with Crippen LogP contribution in [0.2, 0.25) is 0 Å². The van der Waals surface area contributed by atoms with Crippen molar-refractivity contribution >= 4 is 11.4 Å². The van der Waals surface area contributed by atoms with Crippen LogP contribution in [0.3, 0.4) is 0 Å². The lowest BCUT2D eigenvalue weighted by Gasteiger charge is -2.15. The van der Waals surface area contributed by atoms with E-state index in [-0.39, 0.29) is 0 Å². The second-order valence-electron chi connectivity index (χ2n) is 6.76. The van der Waals surface area contributed by atoms with Gasteiger partial charge in [0, 0.05) is 13.1 Å². The minimum absolute atomic E-state index is 0.882. The van der Waals surface area contributed by atoms with Crippen LogP contribution >= 0.6 is 0 Å². The number of anilines is 2. The Morgan fingerprint density at radius 2 is 1.23 bits per heavy atom. The number of fused-ring (bicyclic) bond motifs is 2. The van der Waals surface area contributed by atoms with Crippen molar-refractivity contribution in [3.63, 3.8) is 0 Å². The molecule has 2 aliphatic heterocycles. The fourth-order valence-electron chi connectivity index (χ4n) is 3.80. The van der Waals surface area contributed by atoms with Crippen LogP contribution < -0.4 is 10.0 Å². The molecule has 0 fully saturated rings. The largest absolute Gasteiger partial charge is 0.245 e. The maximum Gasteiger partial charge on any atom is 0.0644 e. The molecule has 0 atom stereocenters. The van der Waals surface area contributed by atoms with E-state index in [0.717, 1.165) is 25.9 Å². The molecular formula is C22H20N4. The Labute approximate surface area is 153 Å². The van der Waals surface area contributed by atoms with Gasteiger partial charge in [-0.2, -0.15) is 0 Å². The summed E-state index contributed by atoms with van der Waals surface area (Å²) in [5.41, 5.74) is 7.55. The molecule has 0 saturated carbocycles. The van der Waals surface area contributed by atoms with Gasteiger partial charge in [0.15, 0.2) is 0 Å². The standard InChI is InChI=1S/C22H20N4/c1-2-6-17(7-3-1)19-10-11-22-20(16-19)13-15-26(22)24-23-25-14-12-18-8-4-5-9-21(18)25/h1-11,16H,12-15H2. The summed E-state index contributed by atoms with van der Waals surface area (Å²) in [6.45, 7) is 1.78. The summed E-state index contributed by atoms with van der Waals surface area (Å²) in [6, 6.07) is 25.6. The minimum atomic E-state index is 0.882. The molecule has 4 nitrogen and oxygen atoms in total. The third kappa shape index (κ3) is 2.64. The highest BCUT2D eigenvalue weighted by Gasteiger charge is 2.21. The third-order valence-electron chi connectivity index (χ3n) is 5.18. The predicted molar refractivity (Wildman–Crippen MR) is 105 cm³/mol. The van der Waals surface area contributed by atoms with Crippen LogP contribution in [0, 0.1) is 0 Å². The number of rotatable bonds is 3. The number of benzene rings is 3. The zero-order valence-electron chi connectivity index (χ0n) is 14.5. The van der Waals surface area contributed by atoms with Gasteiger partial charge in [0.25, 0.3) is 0 Å². The van der Waals surface area contributed by atoms with Gasteiger partial charge in [-0.15, -0.1) is 0 Å². The van der Waals surface area contributed by atoms with Gasteiger partial charge in [0.1, 0.15) is 0 Å². The van der Waals surface area contributed by atoms with Crippen LogP contribution in [0.25, 0.3) is 11.1 Å². The first kappa shape index (κ1) is 15.1. The summed E-state index contributed by atoms with van der Waals surface area (Å²) in [5.74, 6) is 0. The summed E-state index contributed by atoms with van der Waals surface area (Å²) < 4.78 is 0. The maximum absolute atomic E-state index is 4.53. The van der Waals surface area contributed by atoms with Crippen molar-refractivity contribution in [2.45, 2.75) is 12.8 Å². The van der Waals surface area contributed by atoms with Gasteiger partial charge in [-0.25, -0.2) is 10.0 Å². The van der Waals surface area contributed by atoms with Gasteiger partial charge >= 0.3 is 0 Å². The van der Waals surface area contributed by atoms with Crippen molar-refractivity contribution in [1.82, 2.24) is 0 Å². The lowest BCUT2D eigenvalue weighted by atomic mass is 10.0. The molecule has 0 unspecified atom stereocenters. The molecule has 0 N–H and O–H groups in total. The highest BCUT2D eigenvalue weighted by molar-refractivity contribution is 5.70. The Kier molecular flexibility index (Phi) is 3.67. The minimum Gasteiger partial charge on any atom is -0.245 e. The van der Waals surface area contributed by atoms with Gasteiger partial charge in [-0.05, 0) is 63.7 Å². The Bertz CT molecular complexity index is 965. The molecule has 0 saturated heterocycles. The third-order valence-corrected chi connectivity index (χ3v) is 5.18. The van der Waals surface area contributed by atoms with E-state index in [2.05, 4.69) is 83.2 Å². The van der Waals surface area contributed by atoms with Crippen LogP contribution in [-0.2, 0) is 12.8 Å². The highest BCUT2D eigenvalue weighted by atomic mass is 15.7. The molecule has 0 aromatic heterocycles. The molecule has 0 spiro atoms. The monoisotopic (exact) mass is 340 g/mol. The molecule has 0 aliphatic carbocycles. The van der Waals surface area contributed by atoms with Crippen molar-refractivity contribution < 1.29 is 0 Å². The van der Waals surface area contributed by atoms with Gasteiger partial charge in [-0.1, -0.05) is 54.6 Å². The quantitative estimate of drug-likeness (QED) is 0.624. The Hall–Kier alpha value is -3.14. The normalized spacial score (nSPS) is 15.5. The lowest BCUT2D eigenvalue weighted by Crippen LogP contribution is -2.16. The van der Waals surface area contributed by atoms with Crippen LogP contribution in [0.1, 0.15) is 11.1 Å². The van der Waals surface area contributed by atoms with E-state index >= 15 is 0 Å². The zero-order valence-corrected chi connectivity index (χ0v) is 14.5. The fraction of sp³-hybridized carbons (Fsp3) is 0.182. The lowest BCUT2D eigenvalue weighted by molar-refractivity contribution is 0.750. The average Bonchev–Trinajstić information content (AvgIpc) is 3.30. The van der Waals surface area contributed by atoms with E-state index in [1.807, 2.05) is 10.0 Å². The van der Waals surface area contributed by atoms with Crippen LogP contribution in [-0.4, -0.2) is 13.1 Å². The molecule has 2 heterocycles. The molecule has 0 bridgehead atoms. The van der Waals surface area contributed by atoms with Gasteiger partial charge in [0.05, 0.1) is 11.4 Å². The highest BCUT2D eigenvalue weighted by Crippen LogP contribution is 2.33. The van der Waals surface area contributed by atoms with E-state index in [9.17, 15) is 0 Å². The van der Waals surface area contributed by atoms with E-state index < -0.39 is 0 Å². The fourth-order valence-corrected chi connectivity index (χ4v) is 3.80. The van der Waals surface area contributed by atoms with Crippen LogP contribution in [0.4, 0.5) is 11.4 Å². The van der Waals surface area contributed by atoms with E-state index in [0.29, 0.717) is 0 Å². The second-order valence-corrected chi connectivity index (χ2v) is 6.76. The summed E-state index contributed by atoms with van der Waals surface area (Å²) in [6.07, 6.45) is 2.04. The van der Waals surface area contributed by atoms with Crippen LogP contribution in [0.5, 0.6) is 0 Å². The Balaban J connectivity index is 1.38. The number of hydrogen-bond donors (Lipinski definition) is 0. The number of hydrogen-bond acceptors (Lipinski definition) is 2.